The molecule has 3 aromatic rings. The van der Waals surface area contributed by atoms with Crippen molar-refractivity contribution in [2.75, 3.05) is 5.73 Å². The Morgan fingerprint density at radius 1 is 1.00 bits per heavy atom. The molecule has 0 amide bonds. The van der Waals surface area contributed by atoms with E-state index in [1.165, 1.54) is 0 Å². The third-order valence-electron chi connectivity index (χ3n) is 3.32. The third kappa shape index (κ3) is 2.95. The lowest BCUT2D eigenvalue weighted by atomic mass is 10.1. The molecule has 0 fully saturated rings. The topological polar surface area (TPSA) is 74.2 Å². The number of nitrogen functional groups attached to an aromatic ring is 1. The van der Waals surface area contributed by atoms with Crippen LogP contribution in [-0.4, -0.2) is 4.98 Å². The largest absolute Gasteiger partial charge is 0.439 e. The first-order valence-electron chi connectivity index (χ1n) is 6.81. The monoisotopic (exact) mass is 279 g/mol. The van der Waals surface area contributed by atoms with Crippen molar-refractivity contribution < 1.29 is 4.74 Å². The van der Waals surface area contributed by atoms with Gasteiger partial charge in [-0.2, -0.15) is 0 Å². The van der Waals surface area contributed by atoms with Gasteiger partial charge in [0.05, 0.1) is 5.52 Å². The Morgan fingerprint density at radius 2 is 1.76 bits per heavy atom. The fraction of sp³-hybridized carbons (Fsp3) is 0.118. The highest BCUT2D eigenvalue weighted by molar-refractivity contribution is 5.80. The molecule has 0 bridgehead atoms. The number of aromatic nitrogens is 1. The number of hydrogen-bond acceptors (Lipinski definition) is 4. The van der Waals surface area contributed by atoms with Gasteiger partial charge in [0.25, 0.3) is 0 Å². The molecule has 4 N–H and O–H groups in total. The van der Waals surface area contributed by atoms with Gasteiger partial charge in [-0.3, -0.25) is 0 Å². The maximum absolute atomic E-state index is 5.89. The minimum Gasteiger partial charge on any atom is -0.439 e. The zero-order valence-electron chi connectivity index (χ0n) is 11.8. The van der Waals surface area contributed by atoms with Crippen molar-refractivity contribution in [1.82, 2.24) is 4.98 Å². The molecule has 0 aliphatic heterocycles. The highest BCUT2D eigenvalue weighted by Crippen LogP contribution is 2.24. The minimum absolute atomic E-state index is 0.0140. The molecule has 3 rings (SSSR count). The van der Waals surface area contributed by atoms with Crippen LogP contribution < -0.4 is 16.2 Å². The number of nitrogens with zero attached hydrogens (tertiary/aromatic N) is 1. The van der Waals surface area contributed by atoms with Crippen LogP contribution in [0.15, 0.2) is 54.6 Å². The normalized spacial score (nSPS) is 12.3. The number of pyridine rings is 1. The van der Waals surface area contributed by atoms with Crippen molar-refractivity contribution in [1.29, 1.82) is 0 Å². The van der Waals surface area contributed by atoms with E-state index < -0.39 is 0 Å². The van der Waals surface area contributed by atoms with Gasteiger partial charge in [-0.15, -0.1) is 0 Å². The number of nitrogens with two attached hydrogens (primary N) is 2. The average molecular weight is 279 g/mol. The Morgan fingerprint density at radius 3 is 2.48 bits per heavy atom. The zero-order chi connectivity index (χ0) is 14.8. The van der Waals surface area contributed by atoms with E-state index in [1.807, 2.05) is 43.3 Å². The van der Waals surface area contributed by atoms with E-state index in [-0.39, 0.29) is 6.04 Å². The van der Waals surface area contributed by atoms with Gasteiger partial charge in [0, 0.05) is 23.2 Å². The molecule has 0 spiro atoms. The Balaban J connectivity index is 1.90. The molecule has 4 heteroatoms. The number of fused-ring (bicyclic) bond motifs is 1. The van der Waals surface area contributed by atoms with Gasteiger partial charge in [0.2, 0.25) is 5.88 Å². The number of benzene rings is 2. The number of rotatable bonds is 3. The average Bonchev–Trinajstić information content (AvgIpc) is 2.49. The van der Waals surface area contributed by atoms with Crippen LogP contribution in [0.2, 0.25) is 0 Å². The van der Waals surface area contributed by atoms with Gasteiger partial charge >= 0.3 is 0 Å². The molecule has 4 nitrogen and oxygen atoms in total. The fourth-order valence-corrected chi connectivity index (χ4v) is 2.12. The van der Waals surface area contributed by atoms with Crippen molar-refractivity contribution in [3.05, 3.63) is 60.2 Å². The number of hydrogen-bond donors (Lipinski definition) is 2. The molecular formula is C17H17N3O. The second kappa shape index (κ2) is 5.42. The summed E-state index contributed by atoms with van der Waals surface area (Å²) in [5.41, 5.74) is 14.2. The van der Waals surface area contributed by atoms with Crippen molar-refractivity contribution in [3.63, 3.8) is 0 Å². The molecule has 0 aliphatic rings. The maximum atomic E-state index is 5.89. The Bertz CT molecular complexity index is 767. The molecular weight excluding hydrogens is 262 g/mol. The summed E-state index contributed by atoms with van der Waals surface area (Å²) in [7, 11) is 0. The summed E-state index contributed by atoms with van der Waals surface area (Å²) in [6, 6.07) is 17.1. The summed E-state index contributed by atoms with van der Waals surface area (Å²) < 4.78 is 5.73. The molecule has 1 aromatic heterocycles. The molecule has 0 saturated carbocycles. The number of anilines is 1. The third-order valence-corrected chi connectivity index (χ3v) is 3.32. The van der Waals surface area contributed by atoms with Crippen LogP contribution in [0.25, 0.3) is 10.9 Å². The van der Waals surface area contributed by atoms with Crippen molar-refractivity contribution >= 4 is 16.6 Å². The SMILES string of the molecule is CC(N)c1ccc2nc(Oc3ccc(N)cc3)ccc2c1. The summed E-state index contributed by atoms with van der Waals surface area (Å²) in [5, 5.41) is 1.05. The molecule has 1 unspecified atom stereocenters. The molecule has 106 valence electrons. The van der Waals surface area contributed by atoms with E-state index in [0.717, 1.165) is 16.5 Å². The quantitative estimate of drug-likeness (QED) is 0.718. The summed E-state index contributed by atoms with van der Waals surface area (Å²) in [6.45, 7) is 1.97. The molecule has 0 saturated heterocycles. The lowest BCUT2D eigenvalue weighted by molar-refractivity contribution is 0.465. The van der Waals surface area contributed by atoms with Crippen molar-refractivity contribution in [2.45, 2.75) is 13.0 Å². The Labute approximate surface area is 123 Å². The summed E-state index contributed by atoms with van der Waals surface area (Å²) in [5.74, 6) is 1.27. The lowest BCUT2D eigenvalue weighted by Crippen LogP contribution is -2.04. The second-order valence-electron chi connectivity index (χ2n) is 5.06. The summed E-state index contributed by atoms with van der Waals surface area (Å²) in [6.07, 6.45) is 0. The van der Waals surface area contributed by atoms with Gasteiger partial charge in [0.15, 0.2) is 0 Å². The molecule has 21 heavy (non-hydrogen) atoms. The smallest absolute Gasteiger partial charge is 0.219 e. The van der Waals surface area contributed by atoms with Crippen LogP contribution in [0.3, 0.4) is 0 Å². The van der Waals surface area contributed by atoms with Gasteiger partial charge in [-0.05, 0) is 55.0 Å². The van der Waals surface area contributed by atoms with E-state index >= 15 is 0 Å². The van der Waals surface area contributed by atoms with Crippen LogP contribution in [0.1, 0.15) is 18.5 Å². The zero-order valence-corrected chi connectivity index (χ0v) is 11.8. The molecule has 0 aliphatic carbocycles. The highest BCUT2D eigenvalue weighted by Gasteiger charge is 2.04. The Kier molecular flexibility index (Phi) is 3.46. The fourth-order valence-electron chi connectivity index (χ4n) is 2.12. The minimum atomic E-state index is 0.0140. The Hall–Kier alpha value is -2.59. The van der Waals surface area contributed by atoms with Gasteiger partial charge in [-0.25, -0.2) is 4.98 Å². The number of ether oxygens (including phenoxy) is 1. The highest BCUT2D eigenvalue weighted by atomic mass is 16.5. The van der Waals surface area contributed by atoms with Crippen molar-refractivity contribution in [2.24, 2.45) is 5.73 Å². The molecule has 2 aromatic carbocycles. The van der Waals surface area contributed by atoms with Gasteiger partial charge < -0.3 is 16.2 Å². The maximum Gasteiger partial charge on any atom is 0.219 e. The van der Waals surface area contributed by atoms with Gasteiger partial charge in [0.1, 0.15) is 5.75 Å². The first-order chi connectivity index (χ1) is 10.1. The second-order valence-corrected chi connectivity index (χ2v) is 5.06. The predicted octanol–water partition coefficient (Wildman–Crippen LogP) is 3.63. The first-order valence-corrected chi connectivity index (χ1v) is 6.81. The van der Waals surface area contributed by atoms with Gasteiger partial charge in [-0.1, -0.05) is 6.07 Å². The molecule has 0 radical (unpaired) electrons. The van der Waals surface area contributed by atoms with Crippen LogP contribution in [0, 0.1) is 0 Å². The van der Waals surface area contributed by atoms with E-state index in [2.05, 4.69) is 11.1 Å². The van der Waals surface area contributed by atoms with Crippen LogP contribution in [0.4, 0.5) is 5.69 Å². The van der Waals surface area contributed by atoms with E-state index in [1.54, 1.807) is 12.1 Å². The lowest BCUT2D eigenvalue weighted by Gasteiger charge is -2.09. The van der Waals surface area contributed by atoms with E-state index in [9.17, 15) is 0 Å². The standard InChI is InChI=1S/C17H17N3O/c1-11(18)12-2-8-16-13(10-12)3-9-17(20-16)21-15-6-4-14(19)5-7-15/h2-11H,18-19H2,1H3. The molecule has 1 atom stereocenters. The first kappa shape index (κ1) is 13.4. The summed E-state index contributed by atoms with van der Waals surface area (Å²) >= 11 is 0. The van der Waals surface area contributed by atoms with E-state index in [4.69, 9.17) is 16.2 Å². The predicted molar refractivity (Wildman–Crippen MR) is 85.3 cm³/mol. The van der Waals surface area contributed by atoms with Crippen molar-refractivity contribution in [3.8, 4) is 11.6 Å². The van der Waals surface area contributed by atoms with Crippen LogP contribution in [0.5, 0.6) is 11.6 Å². The van der Waals surface area contributed by atoms with Crippen LogP contribution >= 0.6 is 0 Å². The van der Waals surface area contributed by atoms with Crippen LogP contribution in [-0.2, 0) is 0 Å². The van der Waals surface area contributed by atoms with E-state index in [0.29, 0.717) is 17.3 Å². The molecule has 1 heterocycles. The summed E-state index contributed by atoms with van der Waals surface area (Å²) in [4.78, 5) is 4.50.